The highest BCUT2D eigenvalue weighted by atomic mass is 19.4. The summed E-state index contributed by atoms with van der Waals surface area (Å²) in [5, 5.41) is 5.81. The maximum Gasteiger partial charge on any atom is 0.389 e. The van der Waals surface area contributed by atoms with Gasteiger partial charge in [-0.1, -0.05) is 19.1 Å². The molecule has 1 amide bonds. The van der Waals surface area contributed by atoms with E-state index in [0.717, 1.165) is 17.5 Å². The highest BCUT2D eigenvalue weighted by Gasteiger charge is 2.29. The summed E-state index contributed by atoms with van der Waals surface area (Å²) >= 11 is 0. The van der Waals surface area contributed by atoms with Gasteiger partial charge in [0.15, 0.2) is 0 Å². The first-order valence-corrected chi connectivity index (χ1v) is 7.12. The first-order valence-electron chi connectivity index (χ1n) is 7.12. The Hall–Kier alpha value is -1.56. The molecule has 6 heteroatoms. The van der Waals surface area contributed by atoms with E-state index >= 15 is 0 Å². The zero-order valence-electron chi connectivity index (χ0n) is 11.9. The lowest BCUT2D eigenvalue weighted by Crippen LogP contribution is -2.32. The molecule has 1 unspecified atom stereocenters. The van der Waals surface area contributed by atoms with Gasteiger partial charge in [-0.3, -0.25) is 4.79 Å². The number of hydrogen-bond donors (Lipinski definition) is 2. The number of nitrogens with one attached hydrogen (secondary N) is 2. The first-order chi connectivity index (χ1) is 9.90. The number of amides is 1. The SMILES string of the molecule is CCNC(CCC(F)(F)F)c1ccc2c(c1)C(=O)NCC2. The molecule has 1 aromatic rings. The lowest BCUT2D eigenvalue weighted by Gasteiger charge is -2.22. The molecule has 0 bridgehead atoms. The molecule has 1 heterocycles. The molecule has 0 fully saturated rings. The van der Waals surface area contributed by atoms with Crippen LogP contribution in [0.25, 0.3) is 0 Å². The van der Waals surface area contributed by atoms with Gasteiger partial charge in [-0.05, 0) is 36.6 Å². The molecule has 3 nitrogen and oxygen atoms in total. The van der Waals surface area contributed by atoms with Gasteiger partial charge in [0, 0.05) is 24.6 Å². The number of carbonyl (C=O) groups excluding carboxylic acids is 1. The van der Waals surface area contributed by atoms with Gasteiger partial charge in [0.25, 0.3) is 5.91 Å². The van der Waals surface area contributed by atoms with Gasteiger partial charge in [-0.2, -0.15) is 13.2 Å². The molecule has 2 rings (SSSR count). The first kappa shape index (κ1) is 15.8. The molecule has 0 saturated heterocycles. The molecule has 1 aliphatic heterocycles. The zero-order chi connectivity index (χ0) is 15.5. The van der Waals surface area contributed by atoms with Crippen LogP contribution >= 0.6 is 0 Å². The van der Waals surface area contributed by atoms with Crippen LogP contribution in [0.3, 0.4) is 0 Å². The summed E-state index contributed by atoms with van der Waals surface area (Å²) in [6, 6.07) is 4.99. The van der Waals surface area contributed by atoms with E-state index in [-0.39, 0.29) is 12.3 Å². The normalized spacial score (nSPS) is 16.3. The van der Waals surface area contributed by atoms with Crippen molar-refractivity contribution >= 4 is 5.91 Å². The van der Waals surface area contributed by atoms with Crippen LogP contribution in [0.1, 0.15) is 47.3 Å². The van der Waals surface area contributed by atoms with Gasteiger partial charge in [0.05, 0.1) is 0 Å². The summed E-state index contributed by atoms with van der Waals surface area (Å²) in [7, 11) is 0. The van der Waals surface area contributed by atoms with Crippen molar-refractivity contribution in [1.29, 1.82) is 0 Å². The van der Waals surface area contributed by atoms with Crippen LogP contribution in [0.5, 0.6) is 0 Å². The fraction of sp³-hybridized carbons (Fsp3) is 0.533. The highest BCUT2D eigenvalue weighted by molar-refractivity contribution is 5.96. The second kappa shape index (κ2) is 6.47. The fourth-order valence-electron chi connectivity index (χ4n) is 2.59. The molecule has 116 valence electrons. The van der Waals surface area contributed by atoms with Gasteiger partial charge < -0.3 is 10.6 Å². The van der Waals surface area contributed by atoms with Crippen molar-refractivity contribution in [2.24, 2.45) is 0 Å². The predicted molar refractivity (Wildman–Crippen MR) is 74.2 cm³/mol. The average molecular weight is 300 g/mol. The third-order valence-corrected chi connectivity index (χ3v) is 3.63. The van der Waals surface area contributed by atoms with E-state index in [0.29, 0.717) is 18.7 Å². The van der Waals surface area contributed by atoms with Gasteiger partial charge >= 0.3 is 6.18 Å². The van der Waals surface area contributed by atoms with Crippen LogP contribution in [-0.2, 0) is 6.42 Å². The number of fused-ring (bicyclic) bond motifs is 1. The zero-order valence-corrected chi connectivity index (χ0v) is 11.9. The molecule has 0 aliphatic carbocycles. The number of rotatable bonds is 5. The van der Waals surface area contributed by atoms with E-state index in [1.807, 2.05) is 19.1 Å². The second-order valence-corrected chi connectivity index (χ2v) is 5.19. The summed E-state index contributed by atoms with van der Waals surface area (Å²) in [5.41, 5.74) is 2.26. The van der Waals surface area contributed by atoms with Crippen LogP contribution < -0.4 is 10.6 Å². The van der Waals surface area contributed by atoms with E-state index in [1.54, 1.807) is 6.07 Å². The van der Waals surface area contributed by atoms with Crippen LogP contribution in [-0.4, -0.2) is 25.2 Å². The van der Waals surface area contributed by atoms with Gasteiger partial charge in [-0.25, -0.2) is 0 Å². The molecule has 1 aliphatic rings. The minimum absolute atomic E-state index is 0.0300. The Balaban J connectivity index is 2.20. The monoisotopic (exact) mass is 300 g/mol. The van der Waals surface area contributed by atoms with Crippen molar-refractivity contribution in [3.63, 3.8) is 0 Å². The molecule has 1 atom stereocenters. The number of hydrogen-bond acceptors (Lipinski definition) is 2. The highest BCUT2D eigenvalue weighted by Crippen LogP contribution is 2.29. The van der Waals surface area contributed by atoms with E-state index in [1.165, 1.54) is 0 Å². The summed E-state index contributed by atoms with van der Waals surface area (Å²) in [6.07, 6.45) is -4.28. The van der Waals surface area contributed by atoms with Gasteiger partial charge in [-0.15, -0.1) is 0 Å². The minimum Gasteiger partial charge on any atom is -0.352 e. The third kappa shape index (κ3) is 4.20. The predicted octanol–water partition coefficient (Wildman–Crippen LogP) is 2.97. The smallest absolute Gasteiger partial charge is 0.352 e. The molecular weight excluding hydrogens is 281 g/mol. The summed E-state index contributed by atoms with van der Waals surface area (Å²) in [5.74, 6) is -0.149. The van der Waals surface area contributed by atoms with Crippen molar-refractivity contribution in [3.8, 4) is 0 Å². The minimum atomic E-state index is -4.17. The third-order valence-electron chi connectivity index (χ3n) is 3.63. The van der Waals surface area contributed by atoms with Crippen LogP contribution in [0, 0.1) is 0 Å². The number of halogens is 3. The molecule has 1 aromatic carbocycles. The fourth-order valence-corrected chi connectivity index (χ4v) is 2.59. The lowest BCUT2D eigenvalue weighted by molar-refractivity contribution is -0.136. The van der Waals surface area contributed by atoms with Crippen molar-refractivity contribution in [2.45, 2.75) is 38.4 Å². The quantitative estimate of drug-likeness (QED) is 0.878. The van der Waals surface area contributed by atoms with Crippen LogP contribution in [0.4, 0.5) is 13.2 Å². The van der Waals surface area contributed by atoms with Crippen LogP contribution in [0.2, 0.25) is 0 Å². The Morgan fingerprint density at radius 3 is 2.81 bits per heavy atom. The molecule has 0 saturated carbocycles. The maximum absolute atomic E-state index is 12.4. The maximum atomic E-state index is 12.4. The standard InChI is InChI=1S/C15H19F3N2O/c1-2-19-13(5-7-15(16,17)18)11-4-3-10-6-8-20-14(21)12(10)9-11/h3-4,9,13,19H,2,5-8H2,1H3,(H,20,21). The topological polar surface area (TPSA) is 41.1 Å². The van der Waals surface area contributed by atoms with Gasteiger partial charge in [0.2, 0.25) is 0 Å². The van der Waals surface area contributed by atoms with Crippen molar-refractivity contribution < 1.29 is 18.0 Å². The molecule has 0 radical (unpaired) electrons. The second-order valence-electron chi connectivity index (χ2n) is 5.19. The van der Waals surface area contributed by atoms with E-state index in [4.69, 9.17) is 0 Å². The summed E-state index contributed by atoms with van der Waals surface area (Å²) in [4.78, 5) is 11.8. The largest absolute Gasteiger partial charge is 0.389 e. The summed E-state index contributed by atoms with van der Waals surface area (Å²) < 4.78 is 37.2. The molecule has 21 heavy (non-hydrogen) atoms. The lowest BCUT2D eigenvalue weighted by atomic mass is 9.93. The van der Waals surface area contributed by atoms with Crippen molar-refractivity contribution in [2.75, 3.05) is 13.1 Å². The van der Waals surface area contributed by atoms with Crippen molar-refractivity contribution in [1.82, 2.24) is 10.6 Å². The molecular formula is C15H19F3N2O. The number of alkyl halides is 3. The number of benzene rings is 1. The Bertz CT molecular complexity index is 514. The van der Waals surface area contributed by atoms with E-state index < -0.39 is 18.6 Å². The molecule has 0 spiro atoms. The molecule has 2 N–H and O–H groups in total. The summed E-state index contributed by atoms with van der Waals surface area (Å²) in [6.45, 7) is 3.04. The number of carbonyl (C=O) groups is 1. The Kier molecular flexibility index (Phi) is 4.88. The Morgan fingerprint density at radius 1 is 1.38 bits per heavy atom. The average Bonchev–Trinajstić information content (AvgIpc) is 2.43. The van der Waals surface area contributed by atoms with E-state index in [2.05, 4.69) is 10.6 Å². The van der Waals surface area contributed by atoms with Crippen molar-refractivity contribution in [3.05, 3.63) is 34.9 Å². The molecule has 0 aromatic heterocycles. The van der Waals surface area contributed by atoms with Crippen LogP contribution in [0.15, 0.2) is 18.2 Å². The Morgan fingerprint density at radius 2 is 2.14 bits per heavy atom. The Labute approximate surface area is 121 Å². The van der Waals surface area contributed by atoms with Gasteiger partial charge in [0.1, 0.15) is 0 Å². The van der Waals surface area contributed by atoms with E-state index in [9.17, 15) is 18.0 Å².